The summed E-state index contributed by atoms with van der Waals surface area (Å²) in [7, 11) is 0. The Morgan fingerprint density at radius 3 is 2.78 bits per heavy atom. The van der Waals surface area contributed by atoms with Gasteiger partial charge in [0.25, 0.3) is 0 Å². The van der Waals surface area contributed by atoms with Crippen LogP contribution in [0.4, 0.5) is 14.5 Å². The molecule has 3 nitrogen and oxygen atoms in total. The molecule has 1 saturated heterocycles. The summed E-state index contributed by atoms with van der Waals surface area (Å²) in [5.41, 5.74) is 0.122. The Balaban J connectivity index is 2.08. The molecule has 0 aliphatic carbocycles. The molecular weight excluding hydrogens is 238 g/mol. The van der Waals surface area contributed by atoms with Gasteiger partial charge in [0.1, 0.15) is 11.6 Å². The first-order chi connectivity index (χ1) is 8.58. The van der Waals surface area contributed by atoms with Crippen LogP contribution in [-0.4, -0.2) is 18.5 Å². The predicted molar refractivity (Wildman–Crippen MR) is 65.4 cm³/mol. The Morgan fingerprint density at radius 2 is 2.11 bits per heavy atom. The first-order valence-electron chi connectivity index (χ1n) is 6.08. The zero-order chi connectivity index (χ0) is 13.1. The summed E-state index contributed by atoms with van der Waals surface area (Å²) in [6, 6.07) is 1.78. The average Bonchev–Trinajstić information content (AvgIpc) is 2.37. The highest BCUT2D eigenvalue weighted by molar-refractivity contribution is 5.95. The van der Waals surface area contributed by atoms with Crippen LogP contribution < -0.4 is 10.6 Å². The van der Waals surface area contributed by atoms with Gasteiger partial charge in [-0.15, -0.1) is 0 Å². The van der Waals surface area contributed by atoms with E-state index >= 15 is 0 Å². The highest BCUT2D eigenvalue weighted by Gasteiger charge is 2.21. The lowest BCUT2D eigenvalue weighted by Crippen LogP contribution is -2.43. The van der Waals surface area contributed by atoms with E-state index in [0.29, 0.717) is 0 Å². The van der Waals surface area contributed by atoms with Gasteiger partial charge in [-0.2, -0.15) is 0 Å². The second-order valence-electron chi connectivity index (χ2n) is 4.57. The van der Waals surface area contributed by atoms with Crippen molar-refractivity contribution in [2.24, 2.45) is 0 Å². The Kier molecular flexibility index (Phi) is 3.91. The molecule has 0 spiro atoms. The van der Waals surface area contributed by atoms with Crippen molar-refractivity contribution >= 4 is 11.6 Å². The fourth-order valence-corrected chi connectivity index (χ4v) is 2.04. The number of hydrogen-bond donors (Lipinski definition) is 2. The molecule has 1 aliphatic heterocycles. The number of carbonyl (C=O) groups excluding carboxylic acids is 1. The van der Waals surface area contributed by atoms with Crippen molar-refractivity contribution in [3.8, 4) is 0 Å². The SMILES string of the molecule is Cc1cc(F)c(NC(=O)[C@H]2CCCCN2)cc1F. The largest absolute Gasteiger partial charge is 0.322 e. The van der Waals surface area contributed by atoms with Gasteiger partial charge in [0, 0.05) is 6.07 Å². The van der Waals surface area contributed by atoms with E-state index in [1.807, 2.05) is 0 Å². The minimum atomic E-state index is -0.613. The summed E-state index contributed by atoms with van der Waals surface area (Å²) in [6.07, 6.45) is 2.73. The maximum Gasteiger partial charge on any atom is 0.241 e. The van der Waals surface area contributed by atoms with Gasteiger partial charge < -0.3 is 10.6 Å². The summed E-state index contributed by atoms with van der Waals surface area (Å²) < 4.78 is 26.9. The molecule has 98 valence electrons. The molecule has 0 radical (unpaired) electrons. The molecule has 1 fully saturated rings. The molecule has 1 heterocycles. The lowest BCUT2D eigenvalue weighted by molar-refractivity contribution is -0.118. The smallest absolute Gasteiger partial charge is 0.241 e. The van der Waals surface area contributed by atoms with Gasteiger partial charge >= 0.3 is 0 Å². The standard InChI is InChI=1S/C13H16F2N2O/c1-8-6-10(15)12(7-9(8)14)17-13(18)11-4-2-3-5-16-11/h6-7,11,16H,2-5H2,1H3,(H,17,18)/t11-/m1/s1. The summed E-state index contributed by atoms with van der Waals surface area (Å²) in [5.74, 6) is -1.45. The van der Waals surface area contributed by atoms with Crippen LogP contribution in [0.3, 0.4) is 0 Å². The first-order valence-corrected chi connectivity index (χ1v) is 6.08. The van der Waals surface area contributed by atoms with Gasteiger partial charge in [-0.3, -0.25) is 4.79 Å². The van der Waals surface area contributed by atoms with Gasteiger partial charge in [-0.25, -0.2) is 8.78 Å². The molecule has 0 aromatic heterocycles. The Labute approximate surface area is 105 Å². The van der Waals surface area contributed by atoms with E-state index in [4.69, 9.17) is 0 Å². The third-order valence-electron chi connectivity index (χ3n) is 3.13. The molecule has 2 N–H and O–H groups in total. The third-order valence-corrected chi connectivity index (χ3v) is 3.13. The van der Waals surface area contributed by atoms with Crippen LogP contribution >= 0.6 is 0 Å². The first kappa shape index (κ1) is 13.0. The normalized spacial score (nSPS) is 19.6. The minimum Gasteiger partial charge on any atom is -0.322 e. The van der Waals surface area contributed by atoms with Crippen molar-refractivity contribution in [2.75, 3.05) is 11.9 Å². The van der Waals surface area contributed by atoms with Gasteiger partial charge in [0.15, 0.2) is 0 Å². The van der Waals surface area contributed by atoms with E-state index in [2.05, 4.69) is 10.6 Å². The molecule has 2 rings (SSSR count). The lowest BCUT2D eigenvalue weighted by Gasteiger charge is -2.22. The van der Waals surface area contributed by atoms with Crippen LogP contribution in [0.15, 0.2) is 12.1 Å². The molecule has 1 aromatic carbocycles. The number of carbonyl (C=O) groups is 1. The van der Waals surface area contributed by atoms with E-state index in [0.717, 1.165) is 37.9 Å². The van der Waals surface area contributed by atoms with Crippen molar-refractivity contribution in [3.63, 3.8) is 0 Å². The van der Waals surface area contributed by atoms with E-state index in [9.17, 15) is 13.6 Å². The quantitative estimate of drug-likeness (QED) is 0.850. The van der Waals surface area contributed by atoms with Crippen molar-refractivity contribution in [2.45, 2.75) is 32.2 Å². The number of anilines is 1. The van der Waals surface area contributed by atoms with E-state index in [-0.39, 0.29) is 23.2 Å². The van der Waals surface area contributed by atoms with Gasteiger partial charge in [0.2, 0.25) is 5.91 Å². The number of halogens is 2. The monoisotopic (exact) mass is 254 g/mol. The predicted octanol–water partition coefficient (Wildman–Crippen LogP) is 2.35. The van der Waals surface area contributed by atoms with E-state index in [1.54, 1.807) is 0 Å². The summed E-state index contributed by atoms with van der Waals surface area (Å²) in [5, 5.41) is 5.49. The van der Waals surface area contributed by atoms with E-state index < -0.39 is 11.6 Å². The zero-order valence-corrected chi connectivity index (χ0v) is 10.2. The summed E-state index contributed by atoms with van der Waals surface area (Å²) in [6.45, 7) is 2.26. The maximum absolute atomic E-state index is 13.6. The van der Waals surface area contributed by atoms with Crippen LogP contribution in [-0.2, 0) is 4.79 Å². The fraction of sp³-hybridized carbons (Fsp3) is 0.462. The molecule has 1 aliphatic rings. The topological polar surface area (TPSA) is 41.1 Å². The van der Waals surface area contributed by atoms with Crippen LogP contribution in [0.1, 0.15) is 24.8 Å². The number of nitrogens with one attached hydrogen (secondary N) is 2. The van der Waals surface area contributed by atoms with Crippen LogP contribution in [0.5, 0.6) is 0 Å². The second kappa shape index (κ2) is 5.44. The Hall–Kier alpha value is -1.49. The van der Waals surface area contributed by atoms with Crippen molar-refractivity contribution in [3.05, 3.63) is 29.3 Å². The van der Waals surface area contributed by atoms with Crippen LogP contribution in [0.25, 0.3) is 0 Å². The number of hydrogen-bond acceptors (Lipinski definition) is 2. The molecule has 1 amide bonds. The van der Waals surface area contributed by atoms with Crippen LogP contribution in [0.2, 0.25) is 0 Å². The molecule has 0 saturated carbocycles. The number of piperidine rings is 1. The fourth-order valence-electron chi connectivity index (χ4n) is 2.04. The maximum atomic E-state index is 13.6. The molecular formula is C13H16F2N2O. The molecule has 1 aromatic rings. The highest BCUT2D eigenvalue weighted by atomic mass is 19.1. The zero-order valence-electron chi connectivity index (χ0n) is 10.2. The minimum absolute atomic E-state index is 0.101. The summed E-state index contributed by atoms with van der Waals surface area (Å²) >= 11 is 0. The molecule has 0 unspecified atom stereocenters. The van der Waals surface area contributed by atoms with E-state index in [1.165, 1.54) is 6.92 Å². The van der Waals surface area contributed by atoms with Crippen molar-refractivity contribution in [1.29, 1.82) is 0 Å². The highest BCUT2D eigenvalue weighted by Crippen LogP contribution is 2.19. The van der Waals surface area contributed by atoms with Crippen molar-refractivity contribution < 1.29 is 13.6 Å². The summed E-state index contributed by atoms with van der Waals surface area (Å²) in [4.78, 5) is 11.9. The third kappa shape index (κ3) is 2.85. The second-order valence-corrected chi connectivity index (χ2v) is 4.57. The molecule has 18 heavy (non-hydrogen) atoms. The van der Waals surface area contributed by atoms with Gasteiger partial charge in [-0.05, 0) is 37.9 Å². The number of rotatable bonds is 2. The number of benzene rings is 1. The number of aryl methyl sites for hydroxylation is 1. The van der Waals surface area contributed by atoms with Crippen LogP contribution in [0, 0.1) is 18.6 Å². The van der Waals surface area contributed by atoms with Crippen molar-refractivity contribution in [1.82, 2.24) is 5.32 Å². The molecule has 0 bridgehead atoms. The Morgan fingerprint density at radius 1 is 1.33 bits per heavy atom. The lowest BCUT2D eigenvalue weighted by atomic mass is 10.0. The van der Waals surface area contributed by atoms with Gasteiger partial charge in [-0.1, -0.05) is 6.42 Å². The van der Waals surface area contributed by atoms with Gasteiger partial charge in [0.05, 0.1) is 11.7 Å². The molecule has 1 atom stereocenters. The average molecular weight is 254 g/mol. The number of amides is 1. The Bertz CT molecular complexity index is 457. The molecule has 5 heteroatoms.